The molecule has 1 N–H and O–H groups in total. The Balaban J connectivity index is 1.51. The Kier molecular flexibility index (Phi) is 7.96. The standard InChI is InChI=1S/C26H32N4O3S2/c1-5-19-15-29(10-7-11-30(19)22(31)6-2)25(33)20-13-21(17(4)12-16(20)3)34-23-14-27-26(35-23)28-24(32)18-8-9-18/h6,12-14,18-19H,2,5,7-11,15H2,1,3-4H3,(H,27,28,32)/t19-/m1/s1. The number of rotatable bonds is 7. The van der Waals surface area contributed by atoms with Crippen LogP contribution in [0.25, 0.3) is 0 Å². The number of thiazole rings is 1. The second-order valence-corrected chi connectivity index (χ2v) is 11.6. The number of carbonyl (C=O) groups excluding carboxylic acids is 3. The molecule has 2 heterocycles. The van der Waals surface area contributed by atoms with Gasteiger partial charge in [0.1, 0.15) is 0 Å². The van der Waals surface area contributed by atoms with Gasteiger partial charge in [0.15, 0.2) is 5.13 Å². The molecule has 2 fully saturated rings. The number of benzene rings is 1. The van der Waals surface area contributed by atoms with Gasteiger partial charge in [0.25, 0.3) is 5.91 Å². The second-order valence-electron chi connectivity index (χ2n) is 9.19. The summed E-state index contributed by atoms with van der Waals surface area (Å²) in [6, 6.07) is 4.00. The molecule has 1 aliphatic heterocycles. The molecule has 4 rings (SSSR count). The van der Waals surface area contributed by atoms with Crippen LogP contribution < -0.4 is 5.32 Å². The van der Waals surface area contributed by atoms with Gasteiger partial charge < -0.3 is 15.1 Å². The van der Waals surface area contributed by atoms with Crippen LogP contribution in [0.2, 0.25) is 0 Å². The third-order valence-electron chi connectivity index (χ3n) is 6.54. The van der Waals surface area contributed by atoms with E-state index in [9.17, 15) is 14.4 Å². The van der Waals surface area contributed by atoms with Crippen molar-refractivity contribution in [3.05, 3.63) is 47.7 Å². The van der Waals surface area contributed by atoms with E-state index in [2.05, 4.69) is 22.9 Å². The van der Waals surface area contributed by atoms with Gasteiger partial charge >= 0.3 is 0 Å². The maximum absolute atomic E-state index is 13.6. The maximum atomic E-state index is 13.6. The maximum Gasteiger partial charge on any atom is 0.254 e. The summed E-state index contributed by atoms with van der Waals surface area (Å²) < 4.78 is 0.959. The van der Waals surface area contributed by atoms with Crippen LogP contribution in [-0.4, -0.2) is 58.2 Å². The van der Waals surface area contributed by atoms with Crippen molar-refractivity contribution in [2.45, 2.75) is 61.6 Å². The monoisotopic (exact) mass is 512 g/mol. The Morgan fingerprint density at radius 2 is 2.00 bits per heavy atom. The second kappa shape index (κ2) is 11.0. The molecule has 1 aromatic carbocycles. The minimum absolute atomic E-state index is 0.00241. The van der Waals surface area contributed by atoms with Crippen molar-refractivity contribution in [2.75, 3.05) is 25.0 Å². The van der Waals surface area contributed by atoms with Gasteiger partial charge in [-0.25, -0.2) is 4.98 Å². The molecular weight excluding hydrogens is 480 g/mol. The molecule has 0 radical (unpaired) electrons. The summed E-state index contributed by atoms with van der Waals surface area (Å²) in [4.78, 5) is 47.0. The average Bonchev–Trinajstić information content (AvgIpc) is 3.64. The molecule has 1 aromatic heterocycles. The number of anilines is 1. The van der Waals surface area contributed by atoms with Gasteiger partial charge in [0.2, 0.25) is 11.8 Å². The molecule has 9 heteroatoms. The first-order chi connectivity index (χ1) is 16.8. The highest BCUT2D eigenvalue weighted by Crippen LogP contribution is 2.38. The first-order valence-electron chi connectivity index (χ1n) is 12.1. The molecule has 7 nitrogen and oxygen atoms in total. The van der Waals surface area contributed by atoms with Crippen LogP contribution in [0.4, 0.5) is 5.13 Å². The van der Waals surface area contributed by atoms with Crippen LogP contribution in [0, 0.1) is 19.8 Å². The fraction of sp³-hybridized carbons (Fsp3) is 0.462. The minimum atomic E-state index is -0.0754. The third-order valence-corrected chi connectivity index (χ3v) is 8.71. The SMILES string of the molecule is C=CC(=O)N1CCCN(C(=O)c2cc(Sc3cnc(NC(=O)C4CC4)s3)c(C)cc2C)C[C@H]1CC. The molecule has 3 amide bonds. The molecule has 1 atom stereocenters. The molecule has 1 saturated carbocycles. The van der Waals surface area contributed by atoms with Crippen LogP contribution in [-0.2, 0) is 9.59 Å². The Bertz CT molecular complexity index is 1140. The molecule has 0 unspecified atom stereocenters. The predicted octanol–water partition coefficient (Wildman–Crippen LogP) is 4.90. The summed E-state index contributed by atoms with van der Waals surface area (Å²) in [6.45, 7) is 11.4. The Labute approximate surface area is 215 Å². The van der Waals surface area contributed by atoms with E-state index in [0.29, 0.717) is 30.3 Å². The van der Waals surface area contributed by atoms with Crippen molar-refractivity contribution >= 4 is 46.0 Å². The van der Waals surface area contributed by atoms with Crippen molar-refractivity contribution in [3.8, 4) is 0 Å². The number of carbonyl (C=O) groups is 3. The van der Waals surface area contributed by atoms with Crippen LogP contribution >= 0.6 is 23.1 Å². The summed E-state index contributed by atoms with van der Waals surface area (Å²) >= 11 is 3.01. The van der Waals surface area contributed by atoms with Gasteiger partial charge in [0.05, 0.1) is 10.4 Å². The van der Waals surface area contributed by atoms with E-state index < -0.39 is 0 Å². The van der Waals surface area contributed by atoms with Crippen LogP contribution in [0.1, 0.15) is 54.1 Å². The molecule has 1 saturated heterocycles. The lowest BCUT2D eigenvalue weighted by Gasteiger charge is -2.30. The summed E-state index contributed by atoms with van der Waals surface area (Å²) in [7, 11) is 0. The summed E-state index contributed by atoms with van der Waals surface area (Å²) in [5.74, 6) is 0.105. The number of nitrogens with one attached hydrogen (secondary N) is 1. The van der Waals surface area contributed by atoms with E-state index in [1.165, 1.54) is 17.4 Å². The van der Waals surface area contributed by atoms with E-state index in [1.54, 1.807) is 18.0 Å². The normalized spacial score (nSPS) is 18.2. The van der Waals surface area contributed by atoms with Gasteiger partial charge in [-0.2, -0.15) is 0 Å². The molecular formula is C26H32N4O3S2. The molecule has 0 bridgehead atoms. The average molecular weight is 513 g/mol. The molecule has 0 spiro atoms. The van der Waals surface area contributed by atoms with E-state index >= 15 is 0 Å². The molecule has 35 heavy (non-hydrogen) atoms. The molecule has 2 aliphatic rings. The number of amides is 3. The highest BCUT2D eigenvalue weighted by atomic mass is 32.2. The zero-order valence-electron chi connectivity index (χ0n) is 20.5. The first-order valence-corrected chi connectivity index (χ1v) is 13.7. The molecule has 2 aromatic rings. The van der Waals surface area contributed by atoms with Gasteiger partial charge in [-0.3, -0.25) is 14.4 Å². The van der Waals surface area contributed by atoms with Crippen molar-refractivity contribution < 1.29 is 14.4 Å². The summed E-state index contributed by atoms with van der Waals surface area (Å²) in [6.07, 6.45) is 6.56. The van der Waals surface area contributed by atoms with Gasteiger partial charge in [-0.15, -0.1) is 0 Å². The highest BCUT2D eigenvalue weighted by molar-refractivity contribution is 8.01. The lowest BCUT2D eigenvalue weighted by Crippen LogP contribution is -2.44. The van der Waals surface area contributed by atoms with E-state index in [0.717, 1.165) is 45.9 Å². The van der Waals surface area contributed by atoms with Crippen LogP contribution in [0.15, 0.2) is 40.1 Å². The quantitative estimate of drug-likeness (QED) is 0.534. The lowest BCUT2D eigenvalue weighted by molar-refractivity contribution is -0.128. The van der Waals surface area contributed by atoms with Crippen molar-refractivity contribution in [1.29, 1.82) is 0 Å². The smallest absolute Gasteiger partial charge is 0.254 e. The fourth-order valence-corrected chi connectivity index (χ4v) is 6.31. The zero-order valence-corrected chi connectivity index (χ0v) is 22.1. The topological polar surface area (TPSA) is 82.6 Å². The number of hydrogen-bond acceptors (Lipinski definition) is 6. The van der Waals surface area contributed by atoms with Crippen LogP contribution in [0.3, 0.4) is 0 Å². The van der Waals surface area contributed by atoms with E-state index in [-0.39, 0.29) is 29.7 Å². The van der Waals surface area contributed by atoms with Crippen molar-refractivity contribution in [1.82, 2.24) is 14.8 Å². The summed E-state index contributed by atoms with van der Waals surface area (Å²) in [5.41, 5.74) is 2.71. The van der Waals surface area contributed by atoms with Crippen molar-refractivity contribution in [2.24, 2.45) is 5.92 Å². The van der Waals surface area contributed by atoms with E-state index in [1.807, 2.05) is 36.6 Å². The van der Waals surface area contributed by atoms with Gasteiger partial charge in [-0.1, -0.05) is 42.7 Å². The Morgan fingerprint density at radius 3 is 2.69 bits per heavy atom. The Morgan fingerprint density at radius 1 is 1.23 bits per heavy atom. The van der Waals surface area contributed by atoms with Crippen molar-refractivity contribution in [3.63, 3.8) is 0 Å². The number of hydrogen-bond donors (Lipinski definition) is 1. The third kappa shape index (κ3) is 5.95. The number of aryl methyl sites for hydroxylation is 2. The largest absolute Gasteiger partial charge is 0.337 e. The number of nitrogens with zero attached hydrogens (tertiary/aromatic N) is 3. The lowest BCUT2D eigenvalue weighted by atomic mass is 10.0. The number of aromatic nitrogens is 1. The van der Waals surface area contributed by atoms with Gasteiger partial charge in [-0.05, 0) is 62.8 Å². The highest BCUT2D eigenvalue weighted by Gasteiger charge is 2.31. The zero-order chi connectivity index (χ0) is 25.1. The van der Waals surface area contributed by atoms with E-state index in [4.69, 9.17) is 0 Å². The molecule has 186 valence electrons. The first kappa shape index (κ1) is 25.4. The minimum Gasteiger partial charge on any atom is -0.337 e. The molecule has 1 aliphatic carbocycles. The van der Waals surface area contributed by atoms with Crippen LogP contribution in [0.5, 0.6) is 0 Å². The van der Waals surface area contributed by atoms with Gasteiger partial charge in [0, 0.05) is 42.1 Å². The fourth-order valence-electron chi connectivity index (χ4n) is 4.37. The summed E-state index contributed by atoms with van der Waals surface area (Å²) in [5, 5.41) is 3.51. The predicted molar refractivity (Wildman–Crippen MR) is 140 cm³/mol. The Hall–Kier alpha value is -2.65.